The van der Waals surface area contributed by atoms with Crippen LogP contribution in [0.3, 0.4) is 0 Å². The molecule has 97 heavy (non-hydrogen) atoms. The second kappa shape index (κ2) is 41.9. The van der Waals surface area contributed by atoms with Gasteiger partial charge < -0.3 is 114 Å². The number of nitrogens with zero attached hydrogens (tertiary/aromatic N) is 4. The summed E-state index contributed by atoms with van der Waals surface area (Å²) in [6, 6.07) is 1.82. The van der Waals surface area contributed by atoms with Crippen molar-refractivity contribution in [2.24, 2.45) is 60.8 Å². The van der Waals surface area contributed by atoms with Gasteiger partial charge in [0.1, 0.15) is 54.1 Å². The first-order valence-corrected chi connectivity index (χ1v) is 31.8. The fraction of sp³-hybridized carbons (Fsp3) is 0.525. The van der Waals surface area contributed by atoms with E-state index in [1.165, 1.54) is 17.0 Å². The number of rotatable bonds is 37. The molecule has 0 spiro atoms. The van der Waals surface area contributed by atoms with Crippen molar-refractivity contribution in [3.05, 3.63) is 78.4 Å². The van der Waals surface area contributed by atoms with Crippen LogP contribution in [-0.2, 0) is 70.4 Å². The zero-order chi connectivity index (χ0) is 71.4. The Labute approximate surface area is 561 Å². The minimum Gasteiger partial charge on any atom is -0.508 e. The van der Waals surface area contributed by atoms with Crippen LogP contribution >= 0.6 is 0 Å². The van der Waals surface area contributed by atoms with Crippen LogP contribution in [0, 0.1) is 0 Å². The number of phenolic OH excluding ortho intramolecular Hbond substituents is 1. The van der Waals surface area contributed by atoms with Crippen molar-refractivity contribution < 1.29 is 62.6 Å². The van der Waals surface area contributed by atoms with E-state index in [0.717, 1.165) is 0 Å². The molecule has 2 aliphatic heterocycles. The number of likely N-dealkylation sites (tertiary alicyclic amines) is 1. The summed E-state index contributed by atoms with van der Waals surface area (Å²) >= 11 is 0. The van der Waals surface area contributed by atoms with E-state index in [2.05, 4.69) is 80.0 Å². The first kappa shape index (κ1) is 78.8. The van der Waals surface area contributed by atoms with Gasteiger partial charge in [0.2, 0.25) is 70.9 Å². The van der Waals surface area contributed by atoms with E-state index in [9.17, 15) is 62.6 Å². The number of aromatic hydroxyl groups is 1. The smallest absolute Gasteiger partial charge is 0.245 e. The molecule has 0 aromatic heterocycles. The molecule has 12 amide bonds. The molecule has 36 nitrogen and oxygen atoms in total. The molecule has 0 saturated carbocycles. The lowest BCUT2D eigenvalue weighted by Crippen LogP contribution is -2.63. The van der Waals surface area contributed by atoms with Gasteiger partial charge >= 0.3 is 0 Å². The van der Waals surface area contributed by atoms with Crippen LogP contribution in [0.15, 0.2) is 82.2 Å². The van der Waals surface area contributed by atoms with Gasteiger partial charge in [-0.05, 0) is 107 Å². The number of nitrogens with one attached hydrogen (secondary N) is 11. The summed E-state index contributed by atoms with van der Waals surface area (Å²) in [6.07, 6.45) is 1.96. The highest BCUT2D eigenvalue weighted by molar-refractivity contribution is 6.00. The quantitative estimate of drug-likeness (QED) is 0.0129. The summed E-state index contributed by atoms with van der Waals surface area (Å²) in [5.74, 6) is -11.4. The number of benzene rings is 2. The average molecular weight is 1360 g/mol. The van der Waals surface area contributed by atoms with Crippen molar-refractivity contribution in [2.75, 3.05) is 58.9 Å². The van der Waals surface area contributed by atoms with E-state index in [1.807, 2.05) is 0 Å². The summed E-state index contributed by atoms with van der Waals surface area (Å²) in [7, 11) is 0. The topological polar surface area (TPSA) is 606 Å². The molecule has 0 radical (unpaired) electrons. The molecule has 2 aliphatic rings. The third-order valence-corrected chi connectivity index (χ3v) is 15.3. The molecular weight excluding hydrogens is 1260 g/mol. The van der Waals surface area contributed by atoms with Crippen LogP contribution < -0.4 is 104 Å². The fourth-order valence-electron chi connectivity index (χ4n) is 10.3. The van der Waals surface area contributed by atoms with Crippen LogP contribution in [-0.4, -0.2) is 212 Å². The summed E-state index contributed by atoms with van der Waals surface area (Å²) < 4.78 is 0. The van der Waals surface area contributed by atoms with Crippen molar-refractivity contribution in [3.8, 4) is 5.75 Å². The third kappa shape index (κ3) is 29.3. The average Bonchev–Trinajstić information content (AvgIpc) is 1.81. The zero-order valence-electron chi connectivity index (χ0n) is 54.2. The second-order valence-electron chi connectivity index (χ2n) is 23.0. The molecule has 0 aliphatic carbocycles. The van der Waals surface area contributed by atoms with Gasteiger partial charge in [0.25, 0.3) is 0 Å². The molecule has 2 heterocycles. The maximum absolute atomic E-state index is 14.8. The van der Waals surface area contributed by atoms with Gasteiger partial charge in [0.05, 0.1) is 25.6 Å². The third-order valence-electron chi connectivity index (χ3n) is 15.3. The maximum atomic E-state index is 14.8. The maximum Gasteiger partial charge on any atom is 0.245 e. The lowest BCUT2D eigenvalue weighted by Gasteiger charge is -2.31. The Bertz CT molecular complexity index is 3110. The normalized spacial score (nSPS) is 18.5. The van der Waals surface area contributed by atoms with Gasteiger partial charge in [-0.1, -0.05) is 48.5 Å². The van der Waals surface area contributed by atoms with Crippen molar-refractivity contribution in [2.45, 2.75) is 144 Å². The van der Waals surface area contributed by atoms with Crippen molar-refractivity contribution in [3.63, 3.8) is 0 Å². The standard InChI is InChI=1S/C61H95N23O13/c1-2-24-70-42(29-36-19-21-37(85)22-20-36)51(90)76-33-48(87)75-34-49(88)77-43(30-35-12-4-3-5-13-35)54(93)82-44-31-47(86)74-32-45(83-53(92)40(16-9-26-72-60(66)67)79-52(91)39(80-55(44)94)15-8-25-71-59(64)65)56(95)81-41(17-10-27-73-61(68)69)58(97)84-28-11-18-46(84)57(96)78-38(50(63)89)14-6-7-23-62/h2-5,12-13,19-22,38-46,70,85H,1,6-11,14-18,23-34,62H2,(H2,63,89)(H,74,86)(H,75,87)(H,76,90)(H,77,88)(H,78,96)(H,79,91)(H,80,94)(H,81,95)(H,82,93)(H,83,92)(H4,64,65,71)(H4,66,67,72)(H4,68,69,73)/t38-,39-,40-,41-,42-,43-,44+,45?,46-/m0/s1. The number of phenols is 1. The highest BCUT2D eigenvalue weighted by Gasteiger charge is 2.41. The summed E-state index contributed by atoms with van der Waals surface area (Å²) in [5.41, 5.74) is 45.9. The highest BCUT2D eigenvalue weighted by atomic mass is 16.3. The Balaban J connectivity index is 1.68. The molecule has 2 aromatic carbocycles. The number of carbonyl (C=O) groups excluding carboxylic acids is 12. The number of hydrogen-bond donors (Lipinski definition) is 20. The summed E-state index contributed by atoms with van der Waals surface area (Å²) in [6.45, 7) is 2.15. The van der Waals surface area contributed by atoms with Crippen LogP contribution in [0.5, 0.6) is 5.75 Å². The van der Waals surface area contributed by atoms with E-state index < -0.39 is 151 Å². The Morgan fingerprint density at radius 1 is 0.629 bits per heavy atom. The molecule has 4 rings (SSSR count). The number of carbonyl (C=O) groups is 12. The molecule has 2 saturated heterocycles. The molecule has 36 heteroatoms. The van der Waals surface area contributed by atoms with Crippen molar-refractivity contribution >= 4 is 88.8 Å². The number of aliphatic imine (C=N–C) groups is 3. The number of unbranched alkanes of at least 4 members (excludes halogenated alkanes) is 1. The zero-order valence-corrected chi connectivity index (χ0v) is 54.2. The Kier molecular flexibility index (Phi) is 34.1. The molecule has 9 atom stereocenters. The molecule has 532 valence electrons. The van der Waals surface area contributed by atoms with Gasteiger partial charge in [-0.25, -0.2) is 0 Å². The van der Waals surface area contributed by atoms with Gasteiger partial charge in [0, 0.05) is 45.7 Å². The first-order chi connectivity index (χ1) is 46.3. The summed E-state index contributed by atoms with van der Waals surface area (Å²) in [5, 5.41) is 38.2. The molecule has 0 bridgehead atoms. The lowest BCUT2D eigenvalue weighted by atomic mass is 10.0. The molecule has 2 fully saturated rings. The number of amides is 12. The van der Waals surface area contributed by atoms with E-state index in [0.29, 0.717) is 36.9 Å². The molecular formula is C61H95N23O13. The summed E-state index contributed by atoms with van der Waals surface area (Å²) in [4.78, 5) is 181. The lowest BCUT2D eigenvalue weighted by molar-refractivity contribution is -0.142. The first-order valence-electron chi connectivity index (χ1n) is 31.8. The molecule has 1 unspecified atom stereocenters. The van der Waals surface area contributed by atoms with Crippen molar-refractivity contribution in [1.29, 1.82) is 0 Å². The van der Waals surface area contributed by atoms with Gasteiger partial charge in [-0.3, -0.25) is 72.5 Å². The van der Waals surface area contributed by atoms with Crippen LogP contribution in [0.4, 0.5) is 0 Å². The Morgan fingerprint density at radius 3 is 1.80 bits per heavy atom. The van der Waals surface area contributed by atoms with Gasteiger partial charge in [-0.15, -0.1) is 6.58 Å². The van der Waals surface area contributed by atoms with Crippen LogP contribution in [0.1, 0.15) is 88.2 Å². The van der Waals surface area contributed by atoms with E-state index in [-0.39, 0.29) is 121 Å². The highest BCUT2D eigenvalue weighted by Crippen LogP contribution is 2.21. The SMILES string of the molecule is C=CCN[C@@H](Cc1ccc(O)cc1)C(=O)NCC(=O)NCC(=O)N[C@@H](Cc1ccccc1)C(=O)N[C@@H]1CC(=O)NCC(C(=O)N[C@@H](CCCN=C(N)N)C(=O)N2CCC[C@H]2C(=O)N[C@@H](CCCCN)C(N)=O)NC(=O)[C@H](CCCN=C(N)N)NC(=O)[C@H](CCCN=C(N)N)NC1=O. The Hall–Kier alpha value is -10.6. The Morgan fingerprint density at radius 2 is 1.20 bits per heavy atom. The largest absolute Gasteiger partial charge is 0.508 e. The number of guanidine groups is 3. The van der Waals surface area contributed by atoms with Crippen molar-refractivity contribution in [1.82, 2.24) is 63.4 Å². The fourth-order valence-corrected chi connectivity index (χ4v) is 10.3. The number of nitrogens with two attached hydrogens (primary N) is 8. The number of primary amides is 1. The minimum absolute atomic E-state index is 0.0194. The van der Waals surface area contributed by atoms with E-state index >= 15 is 0 Å². The predicted octanol–water partition coefficient (Wildman–Crippen LogP) is -7.77. The van der Waals surface area contributed by atoms with Crippen LogP contribution in [0.2, 0.25) is 0 Å². The van der Waals surface area contributed by atoms with Gasteiger partial charge in [-0.2, -0.15) is 0 Å². The van der Waals surface area contributed by atoms with E-state index in [1.54, 1.807) is 48.5 Å². The van der Waals surface area contributed by atoms with E-state index in [4.69, 9.17) is 45.9 Å². The number of hydrogen-bond acceptors (Lipinski definition) is 18. The second-order valence-corrected chi connectivity index (χ2v) is 23.0. The van der Waals surface area contributed by atoms with Crippen LogP contribution in [0.25, 0.3) is 0 Å². The predicted molar refractivity (Wildman–Crippen MR) is 358 cm³/mol. The minimum atomic E-state index is -1.86. The molecule has 28 N–H and O–H groups in total. The monoisotopic (exact) mass is 1360 g/mol. The molecule has 2 aromatic rings. The van der Waals surface area contributed by atoms with Gasteiger partial charge in [0.15, 0.2) is 17.9 Å².